The molecule has 0 heterocycles. The van der Waals surface area contributed by atoms with Gasteiger partial charge in [-0.15, -0.1) is 0 Å². The number of ether oxygens (including phenoxy) is 1. The molecule has 0 radical (unpaired) electrons. The molecule has 134 valence electrons. The van der Waals surface area contributed by atoms with Gasteiger partial charge in [0, 0.05) is 23.5 Å². The van der Waals surface area contributed by atoms with Gasteiger partial charge in [-0.05, 0) is 47.5 Å². The van der Waals surface area contributed by atoms with Crippen molar-refractivity contribution in [3.63, 3.8) is 0 Å². The van der Waals surface area contributed by atoms with Crippen molar-refractivity contribution < 1.29 is 14.3 Å². The minimum Gasteiger partial charge on any atom is -0.444 e. The minimum atomic E-state index is -0.568. The number of Topliss-reactive ketones (excluding diaryl/α,β-unsaturated/α-hetero) is 1. The van der Waals surface area contributed by atoms with Crippen LogP contribution in [0.15, 0.2) is 34.7 Å². The summed E-state index contributed by atoms with van der Waals surface area (Å²) >= 11 is 6.23. The molecular formula is C18H27ClN2O3. The molecule has 0 saturated heterocycles. The van der Waals surface area contributed by atoms with Crippen molar-refractivity contribution >= 4 is 23.5 Å². The molecule has 0 aromatic carbocycles. The van der Waals surface area contributed by atoms with Crippen LogP contribution in [0.2, 0.25) is 0 Å². The number of ketones is 1. The maximum atomic E-state index is 11.9. The van der Waals surface area contributed by atoms with Gasteiger partial charge in [0.25, 0.3) is 0 Å². The summed E-state index contributed by atoms with van der Waals surface area (Å²) in [4.78, 5) is 25.6. The number of nitrogens with zero attached hydrogens (tertiary/aromatic N) is 1. The van der Waals surface area contributed by atoms with Crippen LogP contribution in [0.3, 0.4) is 0 Å². The summed E-state index contributed by atoms with van der Waals surface area (Å²) in [5, 5.41) is 3.31. The van der Waals surface area contributed by atoms with Gasteiger partial charge in [-0.1, -0.05) is 24.3 Å². The largest absolute Gasteiger partial charge is 0.444 e. The van der Waals surface area contributed by atoms with Crippen molar-refractivity contribution in [2.24, 2.45) is 0 Å². The van der Waals surface area contributed by atoms with Crippen LogP contribution < -0.4 is 5.32 Å². The van der Waals surface area contributed by atoms with E-state index in [0.29, 0.717) is 22.7 Å². The fraction of sp³-hybridized carbons (Fsp3) is 0.556. The number of hydrogen-bond donors (Lipinski definition) is 1. The standard InChI is InChI=1S/C18H27ClN2O3/c1-11(20-17(23)24-18(4,5)6)12(2)21(7)15-10-8-9-14(19)16(15)13(3)22/h10-11H,2,8-9H2,1,3-7H3,(H,20,23). The zero-order valence-corrected chi connectivity index (χ0v) is 16.1. The summed E-state index contributed by atoms with van der Waals surface area (Å²) in [5.41, 5.74) is 1.30. The molecule has 1 unspecified atom stereocenters. The second-order valence-electron chi connectivity index (χ2n) is 6.88. The number of rotatable bonds is 5. The van der Waals surface area contributed by atoms with E-state index in [1.165, 1.54) is 6.92 Å². The predicted octanol–water partition coefficient (Wildman–Crippen LogP) is 4.10. The van der Waals surface area contributed by atoms with Gasteiger partial charge in [-0.3, -0.25) is 4.79 Å². The Morgan fingerprint density at radius 1 is 1.42 bits per heavy atom. The molecule has 1 N–H and O–H groups in total. The van der Waals surface area contributed by atoms with E-state index in [2.05, 4.69) is 11.9 Å². The normalized spacial score (nSPS) is 16.2. The molecule has 6 heteroatoms. The van der Waals surface area contributed by atoms with Crippen molar-refractivity contribution in [2.75, 3.05) is 7.05 Å². The maximum absolute atomic E-state index is 11.9. The molecule has 1 atom stereocenters. The highest BCUT2D eigenvalue weighted by atomic mass is 35.5. The van der Waals surface area contributed by atoms with Crippen molar-refractivity contribution in [1.82, 2.24) is 10.2 Å². The van der Waals surface area contributed by atoms with Crippen LogP contribution in [-0.4, -0.2) is 35.5 Å². The van der Waals surface area contributed by atoms with Crippen molar-refractivity contribution in [1.29, 1.82) is 0 Å². The van der Waals surface area contributed by atoms with Crippen LogP contribution in [0.5, 0.6) is 0 Å². The smallest absolute Gasteiger partial charge is 0.408 e. The fourth-order valence-electron chi connectivity index (χ4n) is 2.39. The Bertz CT molecular complexity index is 600. The van der Waals surface area contributed by atoms with Gasteiger partial charge in [0.2, 0.25) is 0 Å². The summed E-state index contributed by atoms with van der Waals surface area (Å²) in [6.45, 7) is 12.7. The quantitative estimate of drug-likeness (QED) is 0.807. The average Bonchev–Trinajstić information content (AvgIpc) is 2.42. The lowest BCUT2D eigenvalue weighted by Gasteiger charge is -2.32. The molecule has 5 nitrogen and oxygen atoms in total. The van der Waals surface area contributed by atoms with Crippen molar-refractivity contribution in [3.8, 4) is 0 Å². The number of alkyl carbamates (subject to hydrolysis) is 1. The monoisotopic (exact) mass is 354 g/mol. The van der Waals surface area contributed by atoms with Gasteiger partial charge in [-0.2, -0.15) is 0 Å². The van der Waals surface area contributed by atoms with Gasteiger partial charge >= 0.3 is 6.09 Å². The number of likely N-dealkylation sites (N-methyl/N-ethyl adjacent to an activating group) is 1. The first-order chi connectivity index (χ1) is 10.9. The molecule has 0 aromatic heterocycles. The van der Waals surface area contributed by atoms with E-state index in [9.17, 15) is 9.59 Å². The molecule has 0 bridgehead atoms. The Hall–Kier alpha value is -1.75. The lowest BCUT2D eigenvalue weighted by molar-refractivity contribution is -0.113. The number of amides is 1. The van der Waals surface area contributed by atoms with Gasteiger partial charge in [0.15, 0.2) is 5.78 Å². The molecule has 1 aliphatic rings. The Balaban J connectivity index is 2.85. The second-order valence-corrected chi connectivity index (χ2v) is 7.34. The molecule has 0 aromatic rings. The summed E-state index contributed by atoms with van der Waals surface area (Å²) in [7, 11) is 1.81. The van der Waals surface area contributed by atoms with Crippen molar-refractivity contribution in [3.05, 3.63) is 34.7 Å². The zero-order valence-electron chi connectivity index (χ0n) is 15.3. The highest BCUT2D eigenvalue weighted by molar-refractivity contribution is 6.32. The lowest BCUT2D eigenvalue weighted by Crippen LogP contribution is -2.41. The van der Waals surface area contributed by atoms with Crippen LogP contribution >= 0.6 is 11.6 Å². The molecule has 24 heavy (non-hydrogen) atoms. The molecule has 0 fully saturated rings. The maximum Gasteiger partial charge on any atom is 0.408 e. The highest BCUT2D eigenvalue weighted by Gasteiger charge is 2.26. The minimum absolute atomic E-state index is 0.0849. The molecule has 0 aliphatic heterocycles. The van der Waals surface area contributed by atoms with E-state index < -0.39 is 11.7 Å². The van der Waals surface area contributed by atoms with E-state index in [1.54, 1.807) is 32.7 Å². The molecule has 0 spiro atoms. The first-order valence-corrected chi connectivity index (χ1v) is 8.34. The third-order valence-corrected chi connectivity index (χ3v) is 3.98. The SMILES string of the molecule is C=C(C(C)NC(=O)OC(C)(C)C)N(C)C1=CCCC(Cl)=C1C(C)=O. The Kier molecular flexibility index (Phi) is 6.67. The third kappa shape index (κ3) is 5.41. The number of carbonyl (C=O) groups excluding carboxylic acids is 2. The molecular weight excluding hydrogens is 328 g/mol. The van der Waals surface area contributed by atoms with Crippen LogP contribution in [-0.2, 0) is 9.53 Å². The van der Waals surface area contributed by atoms with Crippen LogP contribution in [0.4, 0.5) is 4.79 Å². The molecule has 1 amide bonds. The summed E-state index contributed by atoms with van der Waals surface area (Å²) < 4.78 is 5.25. The lowest BCUT2D eigenvalue weighted by atomic mass is 9.98. The first-order valence-electron chi connectivity index (χ1n) is 7.96. The number of hydrogen-bond acceptors (Lipinski definition) is 4. The number of allylic oxidation sites excluding steroid dienone is 3. The van der Waals surface area contributed by atoms with Gasteiger partial charge in [0.1, 0.15) is 5.60 Å². The molecule has 1 rings (SSSR count). The zero-order chi connectivity index (χ0) is 18.7. The third-order valence-electron chi connectivity index (χ3n) is 3.61. The van der Waals surface area contributed by atoms with Crippen molar-refractivity contribution in [2.45, 2.75) is 59.1 Å². The summed E-state index contributed by atoms with van der Waals surface area (Å²) in [6.07, 6.45) is 2.87. The second kappa shape index (κ2) is 7.88. The molecule has 1 aliphatic carbocycles. The summed E-state index contributed by atoms with van der Waals surface area (Å²) in [5.74, 6) is -0.0849. The van der Waals surface area contributed by atoms with E-state index in [0.717, 1.165) is 12.1 Å². The van der Waals surface area contributed by atoms with Gasteiger partial charge < -0.3 is 15.0 Å². The predicted molar refractivity (Wildman–Crippen MR) is 96.6 cm³/mol. The van der Waals surface area contributed by atoms with E-state index in [1.807, 2.05) is 13.0 Å². The highest BCUT2D eigenvalue weighted by Crippen LogP contribution is 2.32. The Morgan fingerprint density at radius 3 is 2.50 bits per heavy atom. The average molecular weight is 355 g/mol. The summed E-state index contributed by atoms with van der Waals surface area (Å²) in [6, 6.07) is -0.361. The van der Waals surface area contributed by atoms with Crippen LogP contribution in [0.1, 0.15) is 47.5 Å². The first kappa shape index (κ1) is 20.3. The Morgan fingerprint density at radius 2 is 2.00 bits per heavy atom. The van der Waals surface area contributed by atoms with Crippen LogP contribution in [0, 0.1) is 0 Å². The van der Waals surface area contributed by atoms with Crippen LogP contribution in [0.25, 0.3) is 0 Å². The Labute approximate surface area is 149 Å². The number of carbonyl (C=O) groups is 2. The van der Waals surface area contributed by atoms with Gasteiger partial charge in [0.05, 0.1) is 11.6 Å². The molecule has 0 saturated carbocycles. The number of nitrogens with one attached hydrogen (secondary N) is 1. The topological polar surface area (TPSA) is 58.6 Å². The number of halogens is 1. The van der Waals surface area contributed by atoms with E-state index in [-0.39, 0.29) is 11.8 Å². The van der Waals surface area contributed by atoms with E-state index >= 15 is 0 Å². The van der Waals surface area contributed by atoms with E-state index in [4.69, 9.17) is 16.3 Å². The van der Waals surface area contributed by atoms with Gasteiger partial charge in [-0.25, -0.2) is 4.79 Å². The fourth-order valence-corrected chi connectivity index (χ4v) is 2.73.